The predicted molar refractivity (Wildman–Crippen MR) is 86.6 cm³/mol. The summed E-state index contributed by atoms with van der Waals surface area (Å²) in [7, 11) is 0. The molecule has 0 atom stereocenters. The molecule has 1 aromatic carbocycles. The molecule has 116 valence electrons. The van der Waals surface area contributed by atoms with Crippen LogP contribution in [-0.4, -0.2) is 14.3 Å². The summed E-state index contributed by atoms with van der Waals surface area (Å²) in [6.07, 6.45) is 1.74. The van der Waals surface area contributed by atoms with Gasteiger partial charge in [0, 0.05) is 30.1 Å². The van der Waals surface area contributed by atoms with Gasteiger partial charge in [-0.15, -0.1) is 0 Å². The molecule has 1 N–H and O–H groups in total. The van der Waals surface area contributed by atoms with Crippen LogP contribution in [0.15, 0.2) is 53.5 Å². The molecule has 0 amide bonds. The lowest BCUT2D eigenvalue weighted by molar-refractivity contribution is -0.384. The second-order valence-electron chi connectivity index (χ2n) is 5.18. The van der Waals surface area contributed by atoms with Crippen LogP contribution in [0.1, 0.15) is 11.3 Å². The minimum absolute atomic E-state index is 0.0111. The van der Waals surface area contributed by atoms with Crippen LogP contribution < -0.4 is 10.9 Å². The summed E-state index contributed by atoms with van der Waals surface area (Å²) in [6.45, 7) is 2.21. The minimum Gasteiger partial charge on any atom is -0.379 e. The Morgan fingerprint density at radius 1 is 1.26 bits per heavy atom. The number of hydrogen-bond acceptors (Lipinski definition) is 5. The molecule has 3 aromatic rings. The van der Waals surface area contributed by atoms with Crippen LogP contribution in [0.2, 0.25) is 0 Å². The largest absolute Gasteiger partial charge is 0.379 e. The third-order valence-corrected chi connectivity index (χ3v) is 3.39. The van der Waals surface area contributed by atoms with Gasteiger partial charge in [0.2, 0.25) is 0 Å². The van der Waals surface area contributed by atoms with Crippen molar-refractivity contribution in [3.05, 3.63) is 80.4 Å². The average Bonchev–Trinajstić information content (AvgIpc) is 2.54. The van der Waals surface area contributed by atoms with Gasteiger partial charge in [0.05, 0.1) is 17.2 Å². The highest BCUT2D eigenvalue weighted by molar-refractivity contribution is 5.51. The van der Waals surface area contributed by atoms with E-state index in [1.807, 2.05) is 13.0 Å². The smallest absolute Gasteiger partial charge is 0.271 e. The van der Waals surface area contributed by atoms with Crippen LogP contribution in [0.5, 0.6) is 0 Å². The summed E-state index contributed by atoms with van der Waals surface area (Å²) in [4.78, 5) is 26.8. The quantitative estimate of drug-likeness (QED) is 0.591. The van der Waals surface area contributed by atoms with Crippen LogP contribution in [-0.2, 0) is 6.54 Å². The molecular formula is C16H14N4O3. The first kappa shape index (κ1) is 14.7. The number of pyridine rings is 1. The van der Waals surface area contributed by atoms with E-state index in [0.717, 1.165) is 5.56 Å². The molecule has 0 radical (unpaired) electrons. The van der Waals surface area contributed by atoms with E-state index in [4.69, 9.17) is 0 Å². The van der Waals surface area contributed by atoms with Crippen molar-refractivity contribution >= 4 is 17.0 Å². The second-order valence-corrected chi connectivity index (χ2v) is 5.18. The first-order valence-corrected chi connectivity index (χ1v) is 7.00. The number of rotatable bonds is 4. The molecule has 3 rings (SSSR count). The number of hydrogen-bond donors (Lipinski definition) is 1. The highest BCUT2D eigenvalue weighted by Gasteiger charge is 2.06. The van der Waals surface area contributed by atoms with Crippen molar-refractivity contribution < 1.29 is 4.92 Å². The molecule has 7 nitrogen and oxygen atoms in total. The molecule has 2 heterocycles. The van der Waals surface area contributed by atoms with Crippen LogP contribution in [0, 0.1) is 17.0 Å². The van der Waals surface area contributed by atoms with Gasteiger partial charge in [0.15, 0.2) is 0 Å². The Bertz CT molecular complexity index is 949. The van der Waals surface area contributed by atoms with Crippen molar-refractivity contribution in [2.24, 2.45) is 0 Å². The van der Waals surface area contributed by atoms with Gasteiger partial charge in [-0.1, -0.05) is 12.1 Å². The zero-order valence-corrected chi connectivity index (χ0v) is 12.4. The molecule has 0 fully saturated rings. The highest BCUT2D eigenvalue weighted by Crippen LogP contribution is 2.17. The van der Waals surface area contributed by atoms with Crippen LogP contribution >= 0.6 is 0 Å². The Kier molecular flexibility index (Phi) is 3.76. The summed E-state index contributed by atoms with van der Waals surface area (Å²) >= 11 is 0. The summed E-state index contributed by atoms with van der Waals surface area (Å²) in [5.41, 5.74) is 2.57. The third kappa shape index (κ3) is 3.18. The summed E-state index contributed by atoms with van der Waals surface area (Å²) in [5, 5.41) is 13.8. The van der Waals surface area contributed by atoms with Crippen LogP contribution in [0.3, 0.4) is 0 Å². The van der Waals surface area contributed by atoms with Crippen molar-refractivity contribution in [1.29, 1.82) is 0 Å². The van der Waals surface area contributed by atoms with Gasteiger partial charge in [-0.2, -0.15) is 0 Å². The lowest BCUT2D eigenvalue weighted by Gasteiger charge is -2.07. The molecule has 7 heteroatoms. The minimum atomic E-state index is -0.450. The fourth-order valence-corrected chi connectivity index (χ4v) is 2.27. The number of benzene rings is 1. The zero-order valence-electron chi connectivity index (χ0n) is 12.4. The Hall–Kier alpha value is -3.22. The Labute approximate surface area is 131 Å². The van der Waals surface area contributed by atoms with Crippen LogP contribution in [0.25, 0.3) is 5.65 Å². The van der Waals surface area contributed by atoms with E-state index in [9.17, 15) is 14.9 Å². The number of nitro groups is 1. The maximum atomic E-state index is 12.1. The van der Waals surface area contributed by atoms with Gasteiger partial charge < -0.3 is 5.32 Å². The van der Waals surface area contributed by atoms with Crippen molar-refractivity contribution in [3.8, 4) is 0 Å². The number of non-ortho nitro benzene ring substituents is 1. The standard InChI is InChI=1S/C16H14N4O3/c1-11-5-6-15-18-13(8-16(21)19(15)10-11)9-17-12-3-2-4-14(7-12)20(22)23/h2-8,10,17H,9H2,1H3. The summed E-state index contributed by atoms with van der Waals surface area (Å²) < 4.78 is 1.49. The first-order valence-electron chi connectivity index (χ1n) is 7.00. The number of nitrogens with zero attached hydrogens (tertiary/aromatic N) is 3. The van der Waals surface area contributed by atoms with E-state index in [0.29, 0.717) is 23.6 Å². The number of nitro benzene ring substituents is 1. The molecule has 0 bridgehead atoms. The lowest BCUT2D eigenvalue weighted by atomic mass is 10.2. The maximum Gasteiger partial charge on any atom is 0.271 e. The van der Waals surface area contributed by atoms with Gasteiger partial charge in [-0.05, 0) is 24.6 Å². The molecule has 0 saturated heterocycles. The van der Waals surface area contributed by atoms with E-state index in [1.165, 1.54) is 22.6 Å². The van der Waals surface area contributed by atoms with E-state index in [1.54, 1.807) is 24.4 Å². The fraction of sp³-hybridized carbons (Fsp3) is 0.125. The Morgan fingerprint density at radius 3 is 2.87 bits per heavy atom. The molecule has 0 aliphatic rings. The number of anilines is 1. The molecular weight excluding hydrogens is 296 g/mol. The Balaban J connectivity index is 1.85. The molecule has 0 unspecified atom stereocenters. The molecule has 0 aliphatic carbocycles. The number of aryl methyl sites for hydroxylation is 1. The zero-order chi connectivity index (χ0) is 16.4. The molecule has 0 spiro atoms. The van der Waals surface area contributed by atoms with Crippen LogP contribution in [0.4, 0.5) is 11.4 Å². The first-order chi connectivity index (χ1) is 11.0. The summed E-state index contributed by atoms with van der Waals surface area (Å²) in [5.74, 6) is 0. The van der Waals surface area contributed by atoms with E-state index in [2.05, 4.69) is 10.3 Å². The topological polar surface area (TPSA) is 89.5 Å². The average molecular weight is 310 g/mol. The van der Waals surface area contributed by atoms with Gasteiger partial charge in [0.1, 0.15) is 5.65 Å². The number of nitrogens with one attached hydrogen (secondary N) is 1. The molecule has 2 aromatic heterocycles. The molecule has 23 heavy (non-hydrogen) atoms. The van der Waals surface area contributed by atoms with E-state index < -0.39 is 4.92 Å². The second kappa shape index (κ2) is 5.88. The maximum absolute atomic E-state index is 12.1. The lowest BCUT2D eigenvalue weighted by Crippen LogP contribution is -2.17. The normalized spacial score (nSPS) is 10.7. The van der Waals surface area contributed by atoms with Gasteiger partial charge in [0.25, 0.3) is 11.2 Å². The monoisotopic (exact) mass is 310 g/mol. The fourth-order valence-electron chi connectivity index (χ4n) is 2.27. The van der Waals surface area contributed by atoms with E-state index in [-0.39, 0.29) is 11.2 Å². The van der Waals surface area contributed by atoms with Gasteiger partial charge >= 0.3 is 0 Å². The van der Waals surface area contributed by atoms with Crippen molar-refractivity contribution in [2.45, 2.75) is 13.5 Å². The van der Waals surface area contributed by atoms with Crippen molar-refractivity contribution in [2.75, 3.05) is 5.32 Å². The number of aromatic nitrogens is 2. The number of fused-ring (bicyclic) bond motifs is 1. The molecule has 0 aliphatic heterocycles. The van der Waals surface area contributed by atoms with Crippen molar-refractivity contribution in [1.82, 2.24) is 9.38 Å². The molecule has 0 saturated carbocycles. The van der Waals surface area contributed by atoms with Gasteiger partial charge in [-0.3, -0.25) is 19.3 Å². The van der Waals surface area contributed by atoms with Gasteiger partial charge in [-0.25, -0.2) is 4.98 Å². The SMILES string of the molecule is Cc1ccc2nc(CNc3cccc([N+](=O)[O-])c3)cc(=O)n2c1. The summed E-state index contributed by atoms with van der Waals surface area (Å²) in [6, 6.07) is 11.3. The van der Waals surface area contributed by atoms with E-state index >= 15 is 0 Å². The highest BCUT2D eigenvalue weighted by atomic mass is 16.6. The Morgan fingerprint density at radius 2 is 2.09 bits per heavy atom. The third-order valence-electron chi connectivity index (χ3n) is 3.39. The van der Waals surface area contributed by atoms with Crippen molar-refractivity contribution in [3.63, 3.8) is 0 Å². The predicted octanol–water partition coefficient (Wildman–Crippen LogP) is 2.52.